The summed E-state index contributed by atoms with van der Waals surface area (Å²) in [4.78, 5) is 13.0. The van der Waals surface area contributed by atoms with Gasteiger partial charge in [0.15, 0.2) is 0 Å². The molecule has 0 nitrogen and oxygen atoms in total. The monoisotopic (exact) mass is 449 g/mol. The zero-order valence-corrected chi connectivity index (χ0v) is 16.7. The van der Waals surface area contributed by atoms with Gasteiger partial charge in [-0.05, 0) is 0 Å². The molecular formula is C19H20F6FeP-. The van der Waals surface area contributed by atoms with E-state index in [1.54, 1.807) is 5.56 Å². The van der Waals surface area contributed by atoms with Crippen molar-refractivity contribution in [1.82, 2.24) is 0 Å². The molecule has 4 atom stereocenters. The summed E-state index contributed by atoms with van der Waals surface area (Å²) in [6.07, 6.45) is 0. The van der Waals surface area contributed by atoms with E-state index in [9.17, 15) is 25.2 Å². The second-order valence-electron chi connectivity index (χ2n) is 13.4. The molecule has 11 rings (SSSR count). The van der Waals surface area contributed by atoms with E-state index < -0.39 is 14.3 Å². The topological polar surface area (TPSA) is 0 Å². The first kappa shape index (κ1) is 13.9. The van der Waals surface area contributed by atoms with E-state index in [2.05, 4.69) is 38.1 Å². The van der Waals surface area contributed by atoms with Crippen molar-refractivity contribution in [2.75, 3.05) is 0 Å². The van der Waals surface area contributed by atoms with Crippen molar-refractivity contribution in [2.24, 2.45) is 0 Å². The summed E-state index contributed by atoms with van der Waals surface area (Å²) < 4.78 is 60.2. The Labute approximate surface area is 142 Å². The molecular weight excluding hydrogens is 429 g/mol. The third-order valence-electron chi connectivity index (χ3n) is 16.7. The summed E-state index contributed by atoms with van der Waals surface area (Å²) in [6.45, 7) is 1.94. The van der Waals surface area contributed by atoms with Crippen LogP contribution >= 0.6 is 7.81 Å². The fourth-order valence-corrected chi connectivity index (χ4v) is 92.5. The van der Waals surface area contributed by atoms with E-state index in [-0.39, 0.29) is 0 Å². The Bertz CT molecular complexity index is 1340. The fraction of sp³-hybridized carbons (Fsp3) is 0.684. The molecule has 0 amide bonds. The van der Waals surface area contributed by atoms with Crippen molar-refractivity contribution in [3.63, 3.8) is 0 Å². The number of rotatable bonds is 2. The van der Waals surface area contributed by atoms with Gasteiger partial charge in [0, 0.05) is 0 Å². The predicted octanol–water partition coefficient (Wildman–Crippen LogP) is 8.99. The van der Waals surface area contributed by atoms with Crippen LogP contribution in [0.15, 0.2) is 24.3 Å². The van der Waals surface area contributed by atoms with Crippen LogP contribution in [-0.4, -0.2) is 0 Å². The molecule has 0 radical (unpaired) electrons. The molecule has 10 heterocycles. The Balaban J connectivity index is 0.000000150. The summed E-state index contributed by atoms with van der Waals surface area (Å²) in [5.41, 5.74) is 3.72. The van der Waals surface area contributed by atoms with E-state index in [0.717, 1.165) is 10.2 Å². The van der Waals surface area contributed by atoms with E-state index in [1.807, 2.05) is 5.56 Å². The normalized spacial score (nSPS) is 82.5. The molecule has 0 saturated carbocycles. The molecule has 1 aromatic rings. The molecule has 0 N–H and O–H groups in total. The predicted molar refractivity (Wildman–Crippen MR) is 89.5 cm³/mol. The van der Waals surface area contributed by atoms with Gasteiger partial charge in [-0.15, -0.1) is 0 Å². The first-order valence-corrected chi connectivity index (χ1v) is 18.1. The quantitative estimate of drug-likeness (QED) is 0.240. The molecule has 10 saturated heterocycles. The maximum atomic E-state index is 9.87. The van der Waals surface area contributed by atoms with E-state index in [0.29, 0.717) is 0 Å². The van der Waals surface area contributed by atoms with Crippen molar-refractivity contribution < 1.29 is 31.7 Å². The molecule has 10 aliphatic rings. The van der Waals surface area contributed by atoms with Crippen LogP contribution in [0.2, 0.25) is 43.3 Å². The molecule has 0 aromatic heterocycles. The third kappa shape index (κ3) is 0.266. The average Bonchev–Trinajstić information content (AvgIpc) is 3.44. The summed E-state index contributed by atoms with van der Waals surface area (Å²) in [5, 5.41) is 0. The Kier molecular flexibility index (Phi) is 0.725. The molecule has 152 valence electrons. The summed E-state index contributed by atoms with van der Waals surface area (Å²) in [6, 6.07) is 9.81. The number of hydrogen-bond acceptors (Lipinski definition) is 0. The van der Waals surface area contributed by atoms with Crippen LogP contribution in [0, 0.1) is 0 Å². The van der Waals surface area contributed by atoms with Crippen molar-refractivity contribution in [3.8, 4) is 0 Å². The molecule has 4 unspecified atom stereocenters. The van der Waals surface area contributed by atoms with Crippen LogP contribution in [0.5, 0.6) is 0 Å². The van der Waals surface area contributed by atoms with Crippen molar-refractivity contribution >= 4 is 7.81 Å². The van der Waals surface area contributed by atoms with Gasteiger partial charge in [-0.25, -0.2) is 0 Å². The zero-order chi connectivity index (χ0) is 19.0. The van der Waals surface area contributed by atoms with E-state index >= 15 is 0 Å². The SMILES string of the molecule is CC(C)c1ccccc1[C]12[CH]3[CH]4[CH]5[CH]1[Fe]45321678[CH]2[CH]1[CH]6[CH]7[CH]28.F[P-](F)(F)(F)(F)F. The van der Waals surface area contributed by atoms with Gasteiger partial charge >= 0.3 is 142 Å². The van der Waals surface area contributed by atoms with Gasteiger partial charge in [-0.3, -0.25) is 0 Å². The van der Waals surface area contributed by atoms with Crippen LogP contribution in [0.4, 0.5) is 25.2 Å². The Morgan fingerprint density at radius 1 is 0.778 bits per heavy atom. The van der Waals surface area contributed by atoms with Crippen molar-refractivity contribution in [3.05, 3.63) is 35.4 Å². The third-order valence-corrected chi connectivity index (χ3v) is 59.0. The second-order valence-corrected chi connectivity index (χ2v) is 38.9. The minimum atomic E-state index is -10.7. The zero-order valence-electron chi connectivity index (χ0n) is 14.7. The van der Waals surface area contributed by atoms with Gasteiger partial charge in [0.05, 0.1) is 0 Å². The number of benzene rings is 1. The fourth-order valence-electron chi connectivity index (χ4n) is 18.3. The van der Waals surface area contributed by atoms with Crippen LogP contribution < -0.4 is 0 Å². The van der Waals surface area contributed by atoms with Crippen LogP contribution in [0.3, 0.4) is 0 Å². The Hall–Kier alpha value is -0.251. The van der Waals surface area contributed by atoms with Crippen LogP contribution in [0.25, 0.3) is 0 Å². The van der Waals surface area contributed by atoms with Gasteiger partial charge in [0.2, 0.25) is 0 Å². The Morgan fingerprint density at radius 2 is 1.19 bits per heavy atom. The standard InChI is InChI=1S/C14H15.C5H5.F6P.Fe/c1-11(2)13-9-5-6-10-14(13)12-7-3-4-8-12;1-2-4-5-3-1;1-7(2,3,4,5)6;/h3-11H,1-2H3;1-5H;;/q;;-1;. The molecule has 1 spiro atoms. The van der Waals surface area contributed by atoms with E-state index in [4.69, 9.17) is 0 Å². The van der Waals surface area contributed by atoms with Crippen LogP contribution in [-0.2, 0) is 10.8 Å². The van der Waals surface area contributed by atoms with Gasteiger partial charge < -0.3 is 0 Å². The summed E-state index contributed by atoms with van der Waals surface area (Å²) in [5.74, 6) is 0.742. The first-order valence-electron chi connectivity index (χ1n) is 9.79. The number of hydrogen-bond donors (Lipinski definition) is 0. The summed E-state index contributed by atoms with van der Waals surface area (Å²) >= 11 is 0. The molecule has 27 heavy (non-hydrogen) atoms. The Morgan fingerprint density at radius 3 is 1.48 bits per heavy atom. The molecule has 0 aliphatic carbocycles. The molecule has 1 aromatic carbocycles. The minimum absolute atomic E-state index is 0.742. The van der Waals surface area contributed by atoms with Crippen molar-refractivity contribution in [1.29, 1.82) is 0 Å². The van der Waals surface area contributed by atoms with Gasteiger partial charge in [0.25, 0.3) is 0 Å². The van der Waals surface area contributed by atoms with Gasteiger partial charge in [-0.1, -0.05) is 0 Å². The number of halogens is 6. The molecule has 10 fully saturated rings. The molecule has 0 bridgehead atoms. The number of fused-ring (bicyclic) bond motifs is 10. The van der Waals surface area contributed by atoms with Gasteiger partial charge in [0.1, 0.15) is 0 Å². The summed E-state index contributed by atoms with van der Waals surface area (Å²) in [7, 11) is -10.7. The van der Waals surface area contributed by atoms with Crippen molar-refractivity contribution in [2.45, 2.75) is 67.4 Å². The van der Waals surface area contributed by atoms with Crippen LogP contribution in [0.1, 0.15) is 30.9 Å². The second kappa shape index (κ2) is 1.41. The molecule has 10 aliphatic heterocycles. The first-order chi connectivity index (χ1) is 11.9. The average molecular weight is 449 g/mol. The molecule has 8 heteroatoms. The van der Waals surface area contributed by atoms with E-state index in [1.165, 1.54) is 43.3 Å². The maximum absolute atomic E-state index is 10.7. The van der Waals surface area contributed by atoms with Gasteiger partial charge in [-0.2, -0.15) is 0 Å².